The van der Waals surface area contributed by atoms with E-state index in [-0.39, 0.29) is 42.0 Å². The first-order valence-electron chi connectivity index (χ1n) is 10.3. The van der Waals surface area contributed by atoms with Crippen LogP contribution in [-0.2, 0) is 21.4 Å². The van der Waals surface area contributed by atoms with Gasteiger partial charge in [-0.2, -0.15) is 4.31 Å². The summed E-state index contributed by atoms with van der Waals surface area (Å²) in [4.78, 5) is 28.9. The van der Waals surface area contributed by atoms with Crippen molar-refractivity contribution < 1.29 is 23.1 Å². The number of amides is 1. The Balaban J connectivity index is 0.000000588. The molecule has 1 saturated heterocycles. The number of carbonyl (C=O) groups excluding carboxylic acids is 1. The monoisotopic (exact) mass is 544 g/mol. The summed E-state index contributed by atoms with van der Waals surface area (Å²) < 4.78 is 28.1. The Labute approximate surface area is 211 Å². The summed E-state index contributed by atoms with van der Waals surface area (Å²) in [5.41, 5.74) is -0.0662. The first-order chi connectivity index (χ1) is 16.0. The van der Waals surface area contributed by atoms with Gasteiger partial charge in [-0.3, -0.25) is 4.79 Å². The number of rotatable bonds is 6. The molecular formula is C21H25ClN4O5S3. The third-order valence-corrected chi connectivity index (χ3v) is 9.47. The van der Waals surface area contributed by atoms with E-state index in [9.17, 15) is 18.0 Å². The Bertz CT molecular complexity index is 1290. The summed E-state index contributed by atoms with van der Waals surface area (Å²) in [6, 6.07) is 7.39. The zero-order valence-electron chi connectivity index (χ0n) is 18.8. The van der Waals surface area contributed by atoms with E-state index in [4.69, 9.17) is 16.7 Å². The highest BCUT2D eigenvalue weighted by molar-refractivity contribution is 7.91. The van der Waals surface area contributed by atoms with Crippen molar-refractivity contribution in [2.24, 2.45) is 0 Å². The summed E-state index contributed by atoms with van der Waals surface area (Å²) in [6.45, 7) is 4.47. The first-order valence-corrected chi connectivity index (χ1v) is 13.8. The molecule has 0 unspecified atom stereocenters. The van der Waals surface area contributed by atoms with Crippen molar-refractivity contribution in [3.8, 4) is 0 Å². The fourth-order valence-electron chi connectivity index (χ4n) is 2.94. The molecule has 0 bridgehead atoms. The van der Waals surface area contributed by atoms with Gasteiger partial charge in [0.2, 0.25) is 5.91 Å². The molecule has 34 heavy (non-hydrogen) atoms. The van der Waals surface area contributed by atoms with Crippen molar-refractivity contribution in [2.45, 2.75) is 30.6 Å². The van der Waals surface area contributed by atoms with Crippen molar-refractivity contribution in [1.82, 2.24) is 19.5 Å². The first kappa shape index (κ1) is 26.5. The average Bonchev–Trinajstić information content (AvgIpc) is 3.42. The minimum atomic E-state index is -3.80. The normalized spacial score (nSPS) is 15.0. The number of nitrogens with one attached hydrogen (secondary N) is 1. The minimum Gasteiger partial charge on any atom is -0.476 e. The van der Waals surface area contributed by atoms with Crippen LogP contribution < -0.4 is 5.32 Å². The van der Waals surface area contributed by atoms with E-state index in [1.54, 1.807) is 24.3 Å². The van der Waals surface area contributed by atoms with Gasteiger partial charge in [0.1, 0.15) is 9.22 Å². The van der Waals surface area contributed by atoms with Gasteiger partial charge in [0.25, 0.3) is 10.0 Å². The van der Waals surface area contributed by atoms with E-state index in [1.165, 1.54) is 14.6 Å². The molecule has 184 valence electrons. The SMILES string of the molecule is CNC(C)C.O=C(O)c1csc(CN2CCN(S(=O)(=O)c3cc4ccc(Cl)cc4s3)CC2=O)n1. The topological polar surface area (TPSA) is 120 Å². The summed E-state index contributed by atoms with van der Waals surface area (Å²) in [7, 11) is -1.85. The van der Waals surface area contributed by atoms with Crippen molar-refractivity contribution in [3.63, 3.8) is 0 Å². The number of halogens is 1. The number of sulfonamides is 1. The van der Waals surface area contributed by atoms with E-state index in [1.807, 2.05) is 7.05 Å². The molecule has 0 saturated carbocycles. The second-order valence-corrected chi connectivity index (χ2v) is 12.4. The number of hydrogen-bond acceptors (Lipinski definition) is 8. The Kier molecular flexibility index (Phi) is 8.66. The lowest BCUT2D eigenvalue weighted by Gasteiger charge is -2.32. The lowest BCUT2D eigenvalue weighted by Crippen LogP contribution is -2.51. The standard InChI is InChI=1S/C17H14ClN3O5S3.C4H11N/c18-11-2-1-10-5-16(28-13(10)6-11)29(25,26)21-4-3-20(15(22)8-21)7-14-19-12(9-27-14)17(23)24;1-4(2)5-3/h1-2,5-6,9H,3-4,7-8H2,(H,23,24);4-5H,1-3H3. The van der Waals surface area contributed by atoms with Crippen LogP contribution in [0.2, 0.25) is 5.02 Å². The fraction of sp³-hybridized carbons (Fsp3) is 0.381. The molecule has 1 fully saturated rings. The fourth-order valence-corrected chi connectivity index (χ4v) is 6.93. The van der Waals surface area contributed by atoms with Gasteiger partial charge in [0, 0.05) is 34.2 Å². The van der Waals surface area contributed by atoms with Crippen LogP contribution in [0.25, 0.3) is 10.1 Å². The van der Waals surface area contributed by atoms with Gasteiger partial charge in [0.15, 0.2) is 5.69 Å². The van der Waals surface area contributed by atoms with Crippen LogP contribution in [0.4, 0.5) is 0 Å². The third-order valence-electron chi connectivity index (χ3n) is 5.01. The van der Waals surface area contributed by atoms with Gasteiger partial charge in [-0.05, 0) is 30.6 Å². The van der Waals surface area contributed by atoms with Crippen LogP contribution >= 0.6 is 34.3 Å². The zero-order chi connectivity index (χ0) is 25.0. The van der Waals surface area contributed by atoms with Crippen LogP contribution in [0.15, 0.2) is 33.9 Å². The molecule has 1 amide bonds. The van der Waals surface area contributed by atoms with Gasteiger partial charge in [-0.25, -0.2) is 18.2 Å². The largest absolute Gasteiger partial charge is 0.476 e. The summed E-state index contributed by atoms with van der Waals surface area (Å²) in [5, 5.41) is 15.2. The summed E-state index contributed by atoms with van der Waals surface area (Å²) in [5.74, 6) is -1.48. The highest BCUT2D eigenvalue weighted by Gasteiger charge is 2.34. The van der Waals surface area contributed by atoms with Gasteiger partial charge >= 0.3 is 5.97 Å². The van der Waals surface area contributed by atoms with E-state index in [0.29, 0.717) is 16.1 Å². The highest BCUT2D eigenvalue weighted by atomic mass is 35.5. The van der Waals surface area contributed by atoms with Crippen LogP contribution in [0.3, 0.4) is 0 Å². The third kappa shape index (κ3) is 6.32. The summed E-state index contributed by atoms with van der Waals surface area (Å²) in [6.07, 6.45) is 0. The molecule has 1 aliphatic rings. The van der Waals surface area contributed by atoms with Gasteiger partial charge < -0.3 is 15.3 Å². The number of fused-ring (bicyclic) bond motifs is 1. The van der Waals surface area contributed by atoms with Crippen LogP contribution in [0.1, 0.15) is 29.3 Å². The van der Waals surface area contributed by atoms with E-state index < -0.39 is 16.0 Å². The predicted octanol–water partition coefficient (Wildman–Crippen LogP) is 3.36. The molecule has 0 radical (unpaired) electrons. The number of thiazole rings is 1. The molecule has 1 aliphatic heterocycles. The van der Waals surface area contributed by atoms with Crippen molar-refractivity contribution in [2.75, 3.05) is 26.7 Å². The molecule has 13 heteroatoms. The average molecular weight is 545 g/mol. The number of nitrogens with zero attached hydrogens (tertiary/aromatic N) is 3. The van der Waals surface area contributed by atoms with E-state index >= 15 is 0 Å². The zero-order valence-corrected chi connectivity index (χ0v) is 22.0. The molecule has 2 aromatic heterocycles. The number of carboxylic acid groups (broad SMARTS) is 1. The molecule has 1 aromatic carbocycles. The predicted molar refractivity (Wildman–Crippen MR) is 134 cm³/mol. The lowest BCUT2D eigenvalue weighted by atomic mass is 10.3. The number of hydrogen-bond donors (Lipinski definition) is 2. The van der Waals surface area contributed by atoms with Crippen molar-refractivity contribution in [1.29, 1.82) is 0 Å². The molecule has 2 N–H and O–H groups in total. The second kappa shape index (κ2) is 11.1. The quantitative estimate of drug-likeness (QED) is 0.488. The van der Waals surface area contributed by atoms with Gasteiger partial charge in [-0.15, -0.1) is 22.7 Å². The molecule has 3 aromatic rings. The number of aromatic nitrogens is 1. The number of carbonyl (C=O) groups is 2. The number of piperazine rings is 1. The Hall–Kier alpha value is -2.09. The second-order valence-electron chi connectivity index (χ2n) is 7.78. The van der Waals surface area contributed by atoms with Crippen molar-refractivity contribution in [3.05, 3.63) is 45.4 Å². The maximum Gasteiger partial charge on any atom is 0.355 e. The lowest BCUT2D eigenvalue weighted by molar-refractivity contribution is -0.134. The molecule has 0 aliphatic carbocycles. The number of aromatic carboxylic acids is 1. The Morgan fingerprint density at radius 3 is 2.59 bits per heavy atom. The van der Waals surface area contributed by atoms with Gasteiger partial charge in [-0.1, -0.05) is 31.5 Å². The Morgan fingerprint density at radius 2 is 2.00 bits per heavy atom. The molecule has 0 spiro atoms. The highest BCUT2D eigenvalue weighted by Crippen LogP contribution is 2.33. The van der Waals surface area contributed by atoms with Crippen molar-refractivity contribution >= 4 is 66.3 Å². The van der Waals surface area contributed by atoms with Crippen LogP contribution in [0, 0.1) is 0 Å². The van der Waals surface area contributed by atoms with Gasteiger partial charge in [0.05, 0.1) is 13.1 Å². The maximum atomic E-state index is 13.0. The summed E-state index contributed by atoms with van der Waals surface area (Å²) >= 11 is 8.24. The minimum absolute atomic E-state index is 0.0662. The molecular weight excluding hydrogens is 520 g/mol. The number of carboxylic acids is 1. The maximum absolute atomic E-state index is 13.0. The molecule has 3 heterocycles. The Morgan fingerprint density at radius 1 is 1.29 bits per heavy atom. The number of benzene rings is 1. The molecule has 4 rings (SSSR count). The molecule has 0 atom stereocenters. The van der Waals surface area contributed by atoms with Crippen LogP contribution in [-0.4, -0.2) is 72.3 Å². The van der Waals surface area contributed by atoms with E-state index in [0.717, 1.165) is 32.8 Å². The number of thiophene rings is 1. The van der Waals surface area contributed by atoms with E-state index in [2.05, 4.69) is 24.1 Å². The molecule has 9 nitrogen and oxygen atoms in total. The smallest absolute Gasteiger partial charge is 0.355 e. The van der Waals surface area contributed by atoms with Crippen LogP contribution in [0.5, 0.6) is 0 Å².